The number of pyridine rings is 1. The lowest BCUT2D eigenvalue weighted by atomic mass is 10.1. The van der Waals surface area contributed by atoms with Gasteiger partial charge in [-0.25, -0.2) is 0 Å². The second-order valence-electron chi connectivity index (χ2n) is 4.70. The van der Waals surface area contributed by atoms with Gasteiger partial charge in [-0.2, -0.15) is 0 Å². The van der Waals surface area contributed by atoms with Crippen molar-refractivity contribution in [2.45, 2.75) is 31.7 Å². The highest BCUT2D eigenvalue weighted by molar-refractivity contribution is 5.97. The molecule has 6 nitrogen and oxygen atoms in total. The summed E-state index contributed by atoms with van der Waals surface area (Å²) in [6.45, 7) is 0.148. The highest BCUT2D eigenvalue weighted by Crippen LogP contribution is 2.24. The molecule has 0 radical (unpaired) electrons. The van der Waals surface area contributed by atoms with E-state index in [9.17, 15) is 4.79 Å². The molecule has 0 atom stereocenters. The summed E-state index contributed by atoms with van der Waals surface area (Å²) in [4.78, 5) is 18.1. The van der Waals surface area contributed by atoms with Gasteiger partial charge in [-0.1, -0.05) is 18.0 Å². The van der Waals surface area contributed by atoms with E-state index in [1.165, 1.54) is 6.20 Å². The third-order valence-electron chi connectivity index (χ3n) is 3.40. The Morgan fingerprint density at radius 2 is 2.26 bits per heavy atom. The minimum atomic E-state index is -0.119. The van der Waals surface area contributed by atoms with Gasteiger partial charge in [0.15, 0.2) is 5.84 Å². The van der Waals surface area contributed by atoms with Gasteiger partial charge in [-0.05, 0) is 25.0 Å². The number of aromatic nitrogens is 1. The van der Waals surface area contributed by atoms with Crippen molar-refractivity contribution in [1.82, 2.24) is 9.88 Å². The fourth-order valence-corrected chi connectivity index (χ4v) is 2.44. The first-order valence-electron chi connectivity index (χ1n) is 6.39. The first kappa shape index (κ1) is 13.3. The maximum atomic E-state index is 12.5. The topological polar surface area (TPSA) is 91.8 Å². The van der Waals surface area contributed by atoms with E-state index >= 15 is 0 Å². The molecule has 1 saturated carbocycles. The molecule has 1 aliphatic rings. The first-order valence-corrected chi connectivity index (χ1v) is 6.39. The summed E-state index contributed by atoms with van der Waals surface area (Å²) < 4.78 is 0. The van der Waals surface area contributed by atoms with Crippen LogP contribution in [-0.2, 0) is 0 Å². The number of hydrogen-bond donors (Lipinski definition) is 2. The standard InChI is InChI=1S/C13H18N4O2/c14-12(16-19)9-17(11-5-1-2-6-11)13(18)10-4-3-7-15-8-10/h3-4,7-8,11,19H,1-2,5-6,9H2,(H2,14,16). The Balaban J connectivity index is 2.19. The molecule has 2 rings (SSSR count). The van der Waals surface area contributed by atoms with Crippen LogP contribution in [0.5, 0.6) is 0 Å². The van der Waals surface area contributed by atoms with Crippen LogP contribution in [0.4, 0.5) is 0 Å². The Bertz CT molecular complexity index is 455. The molecule has 0 unspecified atom stereocenters. The maximum Gasteiger partial charge on any atom is 0.256 e. The molecule has 1 aromatic heterocycles. The molecule has 6 heteroatoms. The van der Waals surface area contributed by atoms with Gasteiger partial charge in [-0.15, -0.1) is 0 Å². The smallest absolute Gasteiger partial charge is 0.256 e. The van der Waals surface area contributed by atoms with Gasteiger partial charge in [0.05, 0.1) is 12.1 Å². The zero-order chi connectivity index (χ0) is 13.7. The van der Waals surface area contributed by atoms with E-state index in [0.717, 1.165) is 25.7 Å². The van der Waals surface area contributed by atoms with E-state index in [-0.39, 0.29) is 24.3 Å². The third-order valence-corrected chi connectivity index (χ3v) is 3.40. The summed E-state index contributed by atoms with van der Waals surface area (Å²) in [5, 5.41) is 11.7. The van der Waals surface area contributed by atoms with Crippen molar-refractivity contribution in [1.29, 1.82) is 0 Å². The van der Waals surface area contributed by atoms with E-state index in [1.54, 1.807) is 23.2 Å². The molecule has 19 heavy (non-hydrogen) atoms. The number of nitrogens with two attached hydrogens (primary N) is 1. The van der Waals surface area contributed by atoms with Crippen LogP contribution < -0.4 is 5.73 Å². The van der Waals surface area contributed by atoms with Crippen LogP contribution in [0.3, 0.4) is 0 Å². The van der Waals surface area contributed by atoms with Crippen LogP contribution in [0.25, 0.3) is 0 Å². The number of nitrogens with zero attached hydrogens (tertiary/aromatic N) is 3. The Morgan fingerprint density at radius 3 is 2.84 bits per heavy atom. The zero-order valence-electron chi connectivity index (χ0n) is 10.7. The Morgan fingerprint density at radius 1 is 1.53 bits per heavy atom. The number of carbonyl (C=O) groups excluding carboxylic acids is 1. The molecule has 0 spiro atoms. The molecule has 1 aliphatic carbocycles. The van der Waals surface area contributed by atoms with Gasteiger partial charge < -0.3 is 15.8 Å². The molecule has 1 aromatic rings. The van der Waals surface area contributed by atoms with Crippen molar-refractivity contribution in [2.75, 3.05) is 6.54 Å². The van der Waals surface area contributed by atoms with Crippen LogP contribution in [0.15, 0.2) is 29.7 Å². The molecule has 3 N–H and O–H groups in total. The third kappa shape index (κ3) is 3.21. The lowest BCUT2D eigenvalue weighted by Gasteiger charge is -2.28. The minimum Gasteiger partial charge on any atom is -0.409 e. The quantitative estimate of drug-likeness (QED) is 0.369. The molecule has 0 saturated heterocycles. The molecule has 0 aliphatic heterocycles. The molecule has 0 aromatic carbocycles. The minimum absolute atomic E-state index is 0.0455. The summed E-state index contributed by atoms with van der Waals surface area (Å²) in [5.41, 5.74) is 6.08. The number of rotatable bonds is 4. The van der Waals surface area contributed by atoms with Crippen LogP contribution in [0, 0.1) is 0 Å². The van der Waals surface area contributed by atoms with E-state index in [2.05, 4.69) is 10.1 Å². The summed E-state index contributed by atoms with van der Waals surface area (Å²) in [6.07, 6.45) is 7.31. The monoisotopic (exact) mass is 262 g/mol. The molecule has 1 amide bonds. The normalized spacial score (nSPS) is 16.5. The van der Waals surface area contributed by atoms with E-state index in [1.807, 2.05) is 0 Å². The number of carbonyl (C=O) groups is 1. The van der Waals surface area contributed by atoms with Crippen molar-refractivity contribution in [3.05, 3.63) is 30.1 Å². The van der Waals surface area contributed by atoms with Crippen molar-refractivity contribution < 1.29 is 10.0 Å². The molecular weight excluding hydrogens is 244 g/mol. The summed E-state index contributed by atoms with van der Waals surface area (Å²) in [5.74, 6) is -0.0734. The van der Waals surface area contributed by atoms with Gasteiger partial charge >= 0.3 is 0 Å². The molecule has 1 fully saturated rings. The SMILES string of the molecule is NC(CN(C(=O)c1cccnc1)C1CCCC1)=NO. The number of amides is 1. The molecular formula is C13H18N4O2. The Kier molecular flexibility index (Phi) is 4.33. The highest BCUT2D eigenvalue weighted by Gasteiger charge is 2.28. The molecule has 1 heterocycles. The first-order chi connectivity index (χ1) is 9.22. The van der Waals surface area contributed by atoms with Gasteiger partial charge in [0.1, 0.15) is 0 Å². The maximum absolute atomic E-state index is 12.5. The lowest BCUT2D eigenvalue weighted by Crippen LogP contribution is -2.44. The van der Waals surface area contributed by atoms with Crippen LogP contribution >= 0.6 is 0 Å². The van der Waals surface area contributed by atoms with E-state index in [4.69, 9.17) is 10.9 Å². The largest absolute Gasteiger partial charge is 0.409 e. The second-order valence-corrected chi connectivity index (χ2v) is 4.70. The lowest BCUT2D eigenvalue weighted by molar-refractivity contribution is 0.0712. The number of oxime groups is 1. The predicted molar refractivity (Wildman–Crippen MR) is 70.9 cm³/mol. The summed E-state index contributed by atoms with van der Waals surface area (Å²) in [7, 11) is 0. The zero-order valence-corrected chi connectivity index (χ0v) is 10.7. The average molecular weight is 262 g/mol. The Labute approximate surface area is 111 Å². The fourth-order valence-electron chi connectivity index (χ4n) is 2.44. The number of hydrogen-bond acceptors (Lipinski definition) is 4. The highest BCUT2D eigenvalue weighted by atomic mass is 16.4. The van der Waals surface area contributed by atoms with Crippen LogP contribution in [-0.4, -0.2) is 39.4 Å². The second kappa shape index (κ2) is 6.17. The van der Waals surface area contributed by atoms with Gasteiger partial charge in [-0.3, -0.25) is 9.78 Å². The van der Waals surface area contributed by atoms with E-state index in [0.29, 0.717) is 5.56 Å². The average Bonchev–Trinajstić information content (AvgIpc) is 2.98. The van der Waals surface area contributed by atoms with E-state index < -0.39 is 0 Å². The summed E-state index contributed by atoms with van der Waals surface area (Å²) in [6, 6.07) is 3.61. The van der Waals surface area contributed by atoms with Gasteiger partial charge in [0, 0.05) is 18.4 Å². The number of amidine groups is 1. The van der Waals surface area contributed by atoms with Gasteiger partial charge in [0.2, 0.25) is 0 Å². The summed E-state index contributed by atoms with van der Waals surface area (Å²) >= 11 is 0. The molecule has 102 valence electrons. The molecule has 0 bridgehead atoms. The van der Waals surface area contributed by atoms with Crippen molar-refractivity contribution in [3.63, 3.8) is 0 Å². The fraction of sp³-hybridized carbons (Fsp3) is 0.462. The van der Waals surface area contributed by atoms with Crippen molar-refractivity contribution >= 4 is 11.7 Å². The van der Waals surface area contributed by atoms with Crippen LogP contribution in [0.2, 0.25) is 0 Å². The van der Waals surface area contributed by atoms with Crippen molar-refractivity contribution in [3.8, 4) is 0 Å². The predicted octanol–water partition coefficient (Wildman–Crippen LogP) is 1.21. The van der Waals surface area contributed by atoms with Gasteiger partial charge in [0.25, 0.3) is 5.91 Å². The Hall–Kier alpha value is -2.11. The van der Waals surface area contributed by atoms with Crippen molar-refractivity contribution in [2.24, 2.45) is 10.9 Å². The van der Waals surface area contributed by atoms with Crippen LogP contribution in [0.1, 0.15) is 36.0 Å².